The molecule has 1 radical (unpaired) electrons. The number of amides is 2. The van der Waals surface area contributed by atoms with Crippen LogP contribution < -0.4 is 10.6 Å². The molecule has 0 saturated heterocycles. The zero-order valence-electron chi connectivity index (χ0n) is 11.4. The topological polar surface area (TPSA) is 44.4 Å². The van der Waals surface area contributed by atoms with Gasteiger partial charge in [-0.1, -0.05) is 12.1 Å². The number of hydrogen-bond donors (Lipinski definition) is 2. The van der Waals surface area contributed by atoms with Crippen LogP contribution in [0.25, 0.3) is 0 Å². The fourth-order valence-corrected chi connectivity index (χ4v) is 1.80. The summed E-state index contributed by atoms with van der Waals surface area (Å²) in [7, 11) is 5.72. The first-order chi connectivity index (χ1) is 8.54. The van der Waals surface area contributed by atoms with Crippen LogP contribution in [-0.4, -0.2) is 38.6 Å². The van der Waals surface area contributed by atoms with Gasteiger partial charge in [-0.25, -0.2) is 4.79 Å². The second-order valence-corrected chi connectivity index (χ2v) is 4.55. The first kappa shape index (κ1) is 14.5. The molecule has 0 heterocycles. The van der Waals surface area contributed by atoms with Gasteiger partial charge in [-0.05, 0) is 57.6 Å². The zero-order valence-corrected chi connectivity index (χ0v) is 11.4. The van der Waals surface area contributed by atoms with Crippen molar-refractivity contribution in [2.24, 2.45) is 0 Å². The Labute approximate surface area is 109 Å². The molecule has 0 bridgehead atoms. The lowest BCUT2D eigenvalue weighted by molar-refractivity contribution is 0.254. The lowest BCUT2D eigenvalue weighted by Crippen LogP contribution is -2.25. The monoisotopic (exact) mass is 248 g/mol. The van der Waals surface area contributed by atoms with E-state index in [1.807, 2.05) is 18.2 Å². The quantitative estimate of drug-likeness (QED) is 0.838. The van der Waals surface area contributed by atoms with Crippen LogP contribution in [0.15, 0.2) is 18.2 Å². The smallest absolute Gasteiger partial charge is 0.318 e. The molecule has 1 aromatic carbocycles. The summed E-state index contributed by atoms with van der Waals surface area (Å²) >= 11 is 0. The molecule has 0 unspecified atom stereocenters. The Bertz CT molecular complexity index is 402. The Kier molecular flexibility index (Phi) is 5.65. The van der Waals surface area contributed by atoms with Gasteiger partial charge in [0.15, 0.2) is 0 Å². The van der Waals surface area contributed by atoms with E-state index in [1.54, 1.807) is 7.05 Å². The molecule has 0 aliphatic heterocycles. The molecule has 1 aromatic rings. The number of rotatable bonds is 5. The largest absolute Gasteiger partial charge is 0.341 e. The molecule has 2 N–H and O–H groups in total. The number of carbonyl (C=O) groups is 1. The third-order valence-electron chi connectivity index (χ3n) is 2.78. The average molecular weight is 248 g/mol. The molecule has 0 fully saturated rings. The highest BCUT2D eigenvalue weighted by Gasteiger charge is 2.08. The van der Waals surface area contributed by atoms with Gasteiger partial charge in [-0.2, -0.15) is 0 Å². The van der Waals surface area contributed by atoms with Gasteiger partial charge in [-0.3, -0.25) is 0 Å². The maximum atomic E-state index is 11.4. The number of hydrogen-bond acceptors (Lipinski definition) is 2. The predicted molar refractivity (Wildman–Crippen MR) is 75.9 cm³/mol. The molecule has 0 aromatic heterocycles. The van der Waals surface area contributed by atoms with E-state index < -0.39 is 0 Å². The first-order valence-electron chi connectivity index (χ1n) is 6.12. The molecule has 0 aliphatic rings. The molecule has 0 atom stereocenters. The number of nitrogens with one attached hydrogen (secondary N) is 2. The summed E-state index contributed by atoms with van der Waals surface area (Å²) < 4.78 is 0. The van der Waals surface area contributed by atoms with Gasteiger partial charge in [0.2, 0.25) is 0 Å². The van der Waals surface area contributed by atoms with Crippen LogP contribution in [0, 0.1) is 6.92 Å². The van der Waals surface area contributed by atoms with E-state index in [2.05, 4.69) is 36.6 Å². The lowest BCUT2D eigenvalue weighted by Gasteiger charge is -2.15. The molecule has 0 saturated carbocycles. The molecule has 0 aliphatic carbocycles. The van der Waals surface area contributed by atoms with Crippen LogP contribution in [0.2, 0.25) is 0 Å². The first-order valence-corrected chi connectivity index (χ1v) is 6.12. The molecule has 1 rings (SSSR count). The molecular formula is C14H22N3O. The van der Waals surface area contributed by atoms with E-state index in [-0.39, 0.29) is 6.03 Å². The zero-order chi connectivity index (χ0) is 13.5. The van der Waals surface area contributed by atoms with Crippen molar-refractivity contribution in [3.63, 3.8) is 0 Å². The Morgan fingerprint density at radius 2 is 2.11 bits per heavy atom. The van der Waals surface area contributed by atoms with Crippen molar-refractivity contribution in [1.29, 1.82) is 0 Å². The predicted octanol–water partition coefficient (Wildman–Crippen LogP) is 2.11. The Morgan fingerprint density at radius 1 is 1.39 bits per heavy atom. The lowest BCUT2D eigenvalue weighted by atomic mass is 10.0. The highest BCUT2D eigenvalue weighted by Crippen LogP contribution is 2.21. The molecule has 2 amide bonds. The second-order valence-electron chi connectivity index (χ2n) is 4.55. The molecule has 99 valence electrons. The summed E-state index contributed by atoms with van der Waals surface area (Å²) in [5.74, 6) is 0. The van der Waals surface area contributed by atoms with Crippen molar-refractivity contribution in [2.75, 3.05) is 33.0 Å². The fourth-order valence-electron chi connectivity index (χ4n) is 1.80. The second kappa shape index (κ2) is 7.01. The number of nitrogens with zero attached hydrogens (tertiary/aromatic N) is 1. The van der Waals surface area contributed by atoms with Crippen LogP contribution in [0.4, 0.5) is 10.5 Å². The van der Waals surface area contributed by atoms with Crippen molar-refractivity contribution in [3.8, 4) is 0 Å². The third kappa shape index (κ3) is 4.37. The fraction of sp³-hybridized carbons (Fsp3) is 0.429. The van der Waals surface area contributed by atoms with Crippen molar-refractivity contribution >= 4 is 11.7 Å². The van der Waals surface area contributed by atoms with Gasteiger partial charge >= 0.3 is 6.03 Å². The maximum absolute atomic E-state index is 11.4. The van der Waals surface area contributed by atoms with E-state index in [0.29, 0.717) is 0 Å². The van der Waals surface area contributed by atoms with Crippen LogP contribution in [0.1, 0.15) is 17.5 Å². The minimum absolute atomic E-state index is 0.200. The summed E-state index contributed by atoms with van der Waals surface area (Å²) in [6, 6.07) is 5.59. The number of benzene rings is 1. The SMILES string of the molecule is [CH2]c1cccc(NC(=O)NC)c1CCCN(C)C. The van der Waals surface area contributed by atoms with E-state index in [9.17, 15) is 4.79 Å². The number of carbonyl (C=O) groups excluding carboxylic acids is 1. The minimum atomic E-state index is -0.200. The summed E-state index contributed by atoms with van der Waals surface area (Å²) in [4.78, 5) is 13.5. The molecular weight excluding hydrogens is 226 g/mol. The van der Waals surface area contributed by atoms with Crippen molar-refractivity contribution in [3.05, 3.63) is 36.2 Å². The van der Waals surface area contributed by atoms with Gasteiger partial charge in [0, 0.05) is 12.7 Å². The highest BCUT2D eigenvalue weighted by molar-refractivity contribution is 5.90. The Balaban J connectivity index is 2.77. The summed E-state index contributed by atoms with van der Waals surface area (Å²) in [6.45, 7) is 5.05. The molecule has 4 heteroatoms. The maximum Gasteiger partial charge on any atom is 0.318 e. The molecule has 18 heavy (non-hydrogen) atoms. The van der Waals surface area contributed by atoms with Crippen LogP contribution in [0.3, 0.4) is 0 Å². The van der Waals surface area contributed by atoms with Crippen LogP contribution in [-0.2, 0) is 6.42 Å². The van der Waals surface area contributed by atoms with E-state index in [1.165, 1.54) is 0 Å². The average Bonchev–Trinajstić information content (AvgIpc) is 2.32. The van der Waals surface area contributed by atoms with E-state index >= 15 is 0 Å². The van der Waals surface area contributed by atoms with Gasteiger partial charge < -0.3 is 15.5 Å². The normalized spacial score (nSPS) is 10.5. The van der Waals surface area contributed by atoms with Gasteiger partial charge in [-0.15, -0.1) is 0 Å². The summed E-state index contributed by atoms with van der Waals surface area (Å²) in [5, 5.41) is 5.39. The Hall–Kier alpha value is -1.55. The number of anilines is 1. The minimum Gasteiger partial charge on any atom is -0.341 e. The number of urea groups is 1. The highest BCUT2D eigenvalue weighted by atomic mass is 16.2. The third-order valence-corrected chi connectivity index (χ3v) is 2.78. The van der Waals surface area contributed by atoms with E-state index in [0.717, 1.165) is 36.2 Å². The van der Waals surface area contributed by atoms with E-state index in [4.69, 9.17) is 0 Å². The standard InChI is InChI=1S/C14H22N3O/c1-11-7-5-9-13(16-14(18)15-2)12(11)8-6-10-17(3)4/h5,7,9H,1,6,8,10H2,2-4H3,(H2,15,16,18). The van der Waals surface area contributed by atoms with Crippen molar-refractivity contribution in [1.82, 2.24) is 10.2 Å². The molecule has 0 spiro atoms. The van der Waals surface area contributed by atoms with Crippen LogP contribution >= 0.6 is 0 Å². The van der Waals surface area contributed by atoms with Gasteiger partial charge in [0.1, 0.15) is 0 Å². The Morgan fingerprint density at radius 3 is 2.72 bits per heavy atom. The van der Waals surface area contributed by atoms with Crippen molar-refractivity contribution in [2.45, 2.75) is 12.8 Å². The van der Waals surface area contributed by atoms with Gasteiger partial charge in [0.05, 0.1) is 0 Å². The summed E-state index contributed by atoms with van der Waals surface area (Å²) in [5.41, 5.74) is 2.94. The van der Waals surface area contributed by atoms with Gasteiger partial charge in [0.25, 0.3) is 0 Å². The molecule has 4 nitrogen and oxygen atoms in total. The van der Waals surface area contributed by atoms with Crippen molar-refractivity contribution < 1.29 is 4.79 Å². The summed E-state index contributed by atoms with van der Waals surface area (Å²) in [6.07, 6.45) is 1.96. The van der Waals surface area contributed by atoms with Crippen LogP contribution in [0.5, 0.6) is 0 Å².